The van der Waals surface area contributed by atoms with Gasteiger partial charge in [-0.05, 0) is 209 Å². The van der Waals surface area contributed by atoms with Gasteiger partial charge < -0.3 is 55.1 Å². The van der Waals surface area contributed by atoms with Crippen LogP contribution in [-0.4, -0.2) is 164 Å². The summed E-state index contributed by atoms with van der Waals surface area (Å²) >= 11 is 15.4. The van der Waals surface area contributed by atoms with Crippen LogP contribution in [0.25, 0.3) is 32.9 Å². The van der Waals surface area contributed by atoms with Crippen LogP contribution in [0.3, 0.4) is 0 Å². The quantitative estimate of drug-likeness (QED) is 0.0447. The van der Waals surface area contributed by atoms with Gasteiger partial charge in [0, 0.05) is 110 Å². The zero-order valence-electron chi connectivity index (χ0n) is 62.1. The number of hydrogen-bond donors (Lipinski definition) is 3. The minimum Gasteiger partial charge on any atom is -0.476 e. The molecular formula is C83H91Br3ClN13O8. The SMILES string of the molecule is CN(C)CCCOc1ncc(-c2ccc3ncc4c(c3c2)C2(CCCC2)C(=O)N4C)cc1NC(=O)c1ccccc1.CN(C)CCCOc1ncc(Br)cc1N.CN(C)CCCOc1ncc(Br)cc1NC(=O)c1ccccc1.CN1C(=O)C2(CCCC2)c2c1cnc1ccc(Br)cc21.O=C(Cl)c1ccccc1. The van der Waals surface area contributed by atoms with Crippen molar-refractivity contribution < 1.29 is 38.2 Å². The van der Waals surface area contributed by atoms with Gasteiger partial charge in [-0.25, -0.2) is 15.0 Å². The molecule has 2 fully saturated rings. The lowest BCUT2D eigenvalue weighted by Crippen LogP contribution is -2.36. The highest BCUT2D eigenvalue weighted by molar-refractivity contribution is 9.11. The van der Waals surface area contributed by atoms with E-state index in [0.29, 0.717) is 71.2 Å². The highest BCUT2D eigenvalue weighted by Crippen LogP contribution is 2.55. The average molecular weight is 1670 g/mol. The Morgan fingerprint density at radius 3 is 1.31 bits per heavy atom. The Labute approximate surface area is 661 Å². The van der Waals surface area contributed by atoms with Crippen LogP contribution in [0.4, 0.5) is 28.4 Å². The lowest BCUT2D eigenvalue weighted by molar-refractivity contribution is -0.123. The summed E-state index contributed by atoms with van der Waals surface area (Å²) in [6.45, 7) is 4.48. The Balaban J connectivity index is 0.000000158. The van der Waals surface area contributed by atoms with E-state index in [0.717, 1.165) is 154 Å². The predicted molar refractivity (Wildman–Crippen MR) is 441 cm³/mol. The van der Waals surface area contributed by atoms with Crippen molar-refractivity contribution in [3.8, 4) is 28.8 Å². The maximum Gasteiger partial charge on any atom is 0.255 e. The predicted octanol–water partition coefficient (Wildman–Crippen LogP) is 16.7. The van der Waals surface area contributed by atoms with Gasteiger partial charge in [-0.2, -0.15) is 0 Å². The molecule has 2 spiro atoms. The van der Waals surface area contributed by atoms with Crippen molar-refractivity contribution in [1.82, 2.24) is 39.6 Å². The number of amides is 4. The van der Waals surface area contributed by atoms with Crippen molar-refractivity contribution in [2.45, 2.75) is 81.5 Å². The molecule has 2 aliphatic carbocycles. The number of pyridine rings is 5. The first kappa shape index (κ1) is 81.3. The molecule has 108 heavy (non-hydrogen) atoms. The number of halogens is 4. The number of ether oxygens (including phenoxy) is 3. The summed E-state index contributed by atoms with van der Waals surface area (Å²) in [5.74, 6) is 1.33. The van der Waals surface area contributed by atoms with Crippen LogP contribution in [0.5, 0.6) is 17.6 Å². The number of likely N-dealkylation sites (N-methyl/N-ethyl adjacent to an activating group) is 2. The van der Waals surface area contributed by atoms with Gasteiger partial charge in [0.1, 0.15) is 11.4 Å². The van der Waals surface area contributed by atoms with Gasteiger partial charge in [0.05, 0.1) is 71.1 Å². The number of nitrogen functional groups attached to an aromatic ring is 1. The molecule has 25 heteroatoms. The van der Waals surface area contributed by atoms with E-state index in [4.69, 9.17) is 36.5 Å². The first-order chi connectivity index (χ1) is 52.0. The minimum atomic E-state index is -0.471. The van der Waals surface area contributed by atoms with Crippen LogP contribution in [0.2, 0.25) is 0 Å². The third-order valence-electron chi connectivity index (χ3n) is 19.1. The zero-order chi connectivity index (χ0) is 77.1. The van der Waals surface area contributed by atoms with E-state index in [9.17, 15) is 24.0 Å². The summed E-state index contributed by atoms with van der Waals surface area (Å²) < 4.78 is 19.9. The molecule has 5 aromatic heterocycles. The molecule has 0 bridgehead atoms. The van der Waals surface area contributed by atoms with Gasteiger partial charge in [0.15, 0.2) is 0 Å². The van der Waals surface area contributed by atoms with Gasteiger partial charge >= 0.3 is 0 Å². The van der Waals surface area contributed by atoms with Gasteiger partial charge in [-0.1, -0.05) is 114 Å². The zero-order valence-corrected chi connectivity index (χ0v) is 67.6. The smallest absolute Gasteiger partial charge is 0.255 e. The summed E-state index contributed by atoms with van der Waals surface area (Å²) in [5.41, 5.74) is 16.1. The van der Waals surface area contributed by atoms with Gasteiger partial charge in [0.2, 0.25) is 29.5 Å². The highest BCUT2D eigenvalue weighted by Gasteiger charge is 2.53. The van der Waals surface area contributed by atoms with Crippen LogP contribution in [0.1, 0.15) is 113 Å². The van der Waals surface area contributed by atoms with Gasteiger partial charge in [0.25, 0.3) is 17.1 Å². The molecule has 7 heterocycles. The molecule has 4 amide bonds. The van der Waals surface area contributed by atoms with Crippen LogP contribution >= 0.6 is 59.4 Å². The molecule has 0 saturated heterocycles. The summed E-state index contributed by atoms with van der Waals surface area (Å²) in [6, 6.07) is 44.6. The molecule has 21 nitrogen and oxygen atoms in total. The lowest BCUT2D eigenvalue weighted by Gasteiger charge is -2.23. The largest absolute Gasteiger partial charge is 0.476 e. The lowest BCUT2D eigenvalue weighted by atomic mass is 9.78. The van der Waals surface area contributed by atoms with E-state index < -0.39 is 10.7 Å². The van der Waals surface area contributed by atoms with Crippen molar-refractivity contribution in [2.75, 3.05) is 122 Å². The Morgan fingerprint density at radius 2 is 0.870 bits per heavy atom. The summed E-state index contributed by atoms with van der Waals surface area (Å²) in [4.78, 5) is 94.1. The van der Waals surface area contributed by atoms with Crippen molar-refractivity contribution in [3.05, 3.63) is 218 Å². The topological polar surface area (TPSA) is 244 Å². The second-order valence-electron chi connectivity index (χ2n) is 27.7. The number of fused-ring (bicyclic) bond motifs is 8. The maximum atomic E-state index is 13.5. The van der Waals surface area contributed by atoms with Crippen LogP contribution in [0.15, 0.2) is 190 Å². The second kappa shape index (κ2) is 38.2. The number of rotatable bonds is 21. The number of anilines is 5. The van der Waals surface area contributed by atoms with E-state index in [1.54, 1.807) is 89.1 Å². The van der Waals surface area contributed by atoms with Crippen LogP contribution < -0.4 is 40.4 Å². The molecule has 10 aromatic rings. The third-order valence-corrected chi connectivity index (χ3v) is 20.6. The van der Waals surface area contributed by atoms with Crippen molar-refractivity contribution in [1.29, 1.82) is 0 Å². The third kappa shape index (κ3) is 20.3. The van der Waals surface area contributed by atoms with Crippen LogP contribution in [-0.2, 0) is 20.4 Å². The standard InChI is InChI=1S/C33H35N5O3.C17H20BrN3O2.C16H15BrN2O.C10H16BrN3O.C7H5ClO/c1-37(2)16-9-17-41-31-27(36-30(39)22-10-5-4-6-11-22)19-24(20-35-31)23-12-13-26-25(18-23)29-28(21-34-26)38(3)32(40)33(29)14-7-8-15-33;1-21(2)9-6-10-23-17-15(11-14(18)12-19-17)20-16(22)13-7-4-3-5-8-13;1-19-13-9-18-12-5-4-10(17)8-11(12)14(13)16(15(19)20)6-2-3-7-16;1-14(2)4-3-5-15-10-9(12)6-8(11)7-13-10;8-7(9)6-4-2-1-3-5-6/h4-6,10-13,18-21H,7-9,14-17H2,1-3H3,(H,36,39);3-5,7-8,11-12H,6,9-10H2,1-2H3,(H,20,22);4-5,8-9H,2-3,6-7H2,1H3;6-7H,3-5,12H2,1-2H3;1-5H. The first-order valence-electron chi connectivity index (χ1n) is 35.9. The summed E-state index contributed by atoms with van der Waals surface area (Å²) in [6.07, 6.45) is 19.5. The fourth-order valence-corrected chi connectivity index (χ4v) is 15.0. The first-order valence-corrected chi connectivity index (χ1v) is 38.7. The molecule has 0 radical (unpaired) electrons. The Hall–Kier alpha value is -9.27. The van der Waals surface area contributed by atoms with E-state index >= 15 is 0 Å². The fourth-order valence-electron chi connectivity index (χ4n) is 13.8. The van der Waals surface area contributed by atoms with E-state index in [1.165, 1.54) is 5.56 Å². The van der Waals surface area contributed by atoms with Crippen molar-refractivity contribution in [2.24, 2.45) is 0 Å². The van der Waals surface area contributed by atoms with E-state index in [1.807, 2.05) is 142 Å². The maximum absolute atomic E-state index is 13.5. The van der Waals surface area contributed by atoms with Gasteiger partial charge in [-0.3, -0.25) is 33.9 Å². The molecule has 4 N–H and O–H groups in total. The molecule has 4 aliphatic rings. The number of nitrogens with one attached hydrogen (secondary N) is 2. The molecular weight excluding hydrogens is 1580 g/mol. The highest BCUT2D eigenvalue weighted by atomic mass is 79.9. The molecule has 0 atom stereocenters. The summed E-state index contributed by atoms with van der Waals surface area (Å²) in [7, 11) is 15.9. The molecule has 2 aliphatic heterocycles. The number of carbonyl (C=O) groups excluding carboxylic acids is 5. The second-order valence-corrected chi connectivity index (χ2v) is 30.8. The van der Waals surface area contributed by atoms with Gasteiger partial charge in [-0.15, -0.1) is 0 Å². The molecule has 0 unspecified atom stereocenters. The minimum absolute atomic E-state index is 0.174. The molecule has 2 saturated carbocycles. The fraction of sp³-hybridized carbons (Fsp3) is 0.325. The molecule has 5 aromatic carbocycles. The molecule has 14 rings (SSSR count). The monoisotopic (exact) mass is 1670 g/mol. The number of aromatic nitrogens is 5. The number of nitrogens with zero attached hydrogens (tertiary/aromatic N) is 10. The molecule has 564 valence electrons. The number of carbonyl (C=O) groups is 5. The number of benzene rings is 5. The van der Waals surface area contributed by atoms with Crippen LogP contribution in [0, 0.1) is 0 Å². The Kier molecular flexibility index (Phi) is 28.7. The number of hydrogen-bond acceptors (Lipinski definition) is 17. The Morgan fingerprint density at radius 1 is 0.472 bits per heavy atom. The summed E-state index contributed by atoms with van der Waals surface area (Å²) in [5, 5.41) is 7.58. The van der Waals surface area contributed by atoms with E-state index in [2.05, 4.69) is 105 Å². The van der Waals surface area contributed by atoms with Crippen molar-refractivity contribution >= 4 is 139 Å². The number of nitrogens with two attached hydrogens (primary N) is 1. The van der Waals surface area contributed by atoms with E-state index in [-0.39, 0.29) is 29.0 Å². The average Bonchev–Trinajstić information content (AvgIpc) is 1.56. The van der Waals surface area contributed by atoms with Crippen molar-refractivity contribution in [3.63, 3.8) is 0 Å². The Bertz CT molecular complexity index is 4780. The normalized spacial score (nSPS) is 14.1.